The van der Waals surface area contributed by atoms with Crippen molar-refractivity contribution in [3.63, 3.8) is 0 Å². The van der Waals surface area contributed by atoms with E-state index in [2.05, 4.69) is 0 Å². The molecule has 1 aliphatic rings. The summed E-state index contributed by atoms with van der Waals surface area (Å²) in [6, 6.07) is 6.35. The van der Waals surface area contributed by atoms with Gasteiger partial charge in [0.05, 0.1) is 5.56 Å². The van der Waals surface area contributed by atoms with Crippen molar-refractivity contribution in [1.29, 1.82) is 0 Å². The van der Waals surface area contributed by atoms with E-state index in [1.807, 2.05) is 13.0 Å². The van der Waals surface area contributed by atoms with Crippen LogP contribution in [0.15, 0.2) is 24.3 Å². The lowest BCUT2D eigenvalue weighted by Gasteiger charge is -2.33. The quantitative estimate of drug-likeness (QED) is 0.841. The van der Waals surface area contributed by atoms with Crippen LogP contribution in [0, 0.1) is 6.92 Å². The van der Waals surface area contributed by atoms with E-state index in [1.165, 1.54) is 4.90 Å². The van der Waals surface area contributed by atoms with Crippen molar-refractivity contribution < 1.29 is 19.1 Å². The number of primary amides is 1. The third kappa shape index (κ3) is 3.84. The van der Waals surface area contributed by atoms with Gasteiger partial charge in [0.2, 0.25) is 5.91 Å². The monoisotopic (exact) mass is 304 g/mol. The molecule has 2 rings (SSSR count). The summed E-state index contributed by atoms with van der Waals surface area (Å²) in [6.07, 6.45) is 2.24. The Morgan fingerprint density at radius 3 is 2.77 bits per heavy atom. The minimum absolute atomic E-state index is 0.378. The number of benzene rings is 1. The zero-order valence-corrected chi connectivity index (χ0v) is 12.6. The molecule has 118 valence electrons. The number of piperidine rings is 1. The first kappa shape index (κ1) is 16.0. The Morgan fingerprint density at radius 1 is 1.32 bits per heavy atom. The number of aryl methyl sites for hydroxylation is 1. The number of esters is 1. The molecule has 1 atom stereocenters. The Kier molecular flexibility index (Phi) is 5.14. The smallest absolute Gasteiger partial charge is 0.338 e. The predicted molar refractivity (Wildman–Crippen MR) is 80.0 cm³/mol. The van der Waals surface area contributed by atoms with Crippen LogP contribution in [-0.2, 0) is 14.3 Å². The Balaban J connectivity index is 1.94. The van der Waals surface area contributed by atoms with Gasteiger partial charge in [0, 0.05) is 6.54 Å². The fraction of sp³-hybridized carbons (Fsp3) is 0.438. The van der Waals surface area contributed by atoms with Gasteiger partial charge < -0.3 is 15.4 Å². The Hall–Kier alpha value is -2.37. The van der Waals surface area contributed by atoms with Crippen LogP contribution in [-0.4, -0.2) is 41.9 Å². The van der Waals surface area contributed by atoms with Crippen molar-refractivity contribution in [2.45, 2.75) is 32.2 Å². The van der Waals surface area contributed by atoms with Crippen molar-refractivity contribution in [1.82, 2.24) is 4.90 Å². The first-order valence-corrected chi connectivity index (χ1v) is 7.31. The number of nitrogens with zero attached hydrogens (tertiary/aromatic N) is 1. The summed E-state index contributed by atoms with van der Waals surface area (Å²) in [4.78, 5) is 36.9. The highest BCUT2D eigenvalue weighted by Crippen LogP contribution is 2.17. The first-order chi connectivity index (χ1) is 10.5. The van der Waals surface area contributed by atoms with Crippen molar-refractivity contribution in [2.75, 3.05) is 13.2 Å². The van der Waals surface area contributed by atoms with Crippen LogP contribution in [0.2, 0.25) is 0 Å². The summed E-state index contributed by atoms with van der Waals surface area (Å²) < 4.78 is 5.04. The van der Waals surface area contributed by atoms with Crippen molar-refractivity contribution >= 4 is 17.8 Å². The molecule has 1 aromatic carbocycles. The van der Waals surface area contributed by atoms with Crippen LogP contribution in [0.4, 0.5) is 0 Å². The van der Waals surface area contributed by atoms with Crippen LogP contribution in [0.25, 0.3) is 0 Å². The molecule has 0 spiro atoms. The summed E-state index contributed by atoms with van der Waals surface area (Å²) in [5, 5.41) is 0. The molecule has 6 heteroatoms. The molecule has 0 saturated carbocycles. The van der Waals surface area contributed by atoms with Gasteiger partial charge in [0.25, 0.3) is 5.91 Å². The van der Waals surface area contributed by atoms with Gasteiger partial charge in [0.15, 0.2) is 6.61 Å². The Morgan fingerprint density at radius 2 is 2.09 bits per heavy atom. The van der Waals surface area contributed by atoms with Crippen molar-refractivity contribution in [3.8, 4) is 0 Å². The predicted octanol–water partition coefficient (Wildman–Crippen LogP) is 1.02. The average Bonchev–Trinajstić information content (AvgIpc) is 2.52. The van der Waals surface area contributed by atoms with E-state index in [9.17, 15) is 14.4 Å². The van der Waals surface area contributed by atoms with Crippen LogP contribution < -0.4 is 5.73 Å². The van der Waals surface area contributed by atoms with E-state index in [1.54, 1.807) is 18.2 Å². The van der Waals surface area contributed by atoms with Gasteiger partial charge in [0.1, 0.15) is 6.04 Å². The normalized spacial score (nSPS) is 17.9. The standard InChI is InChI=1S/C16H20N2O4/c1-11-5-4-6-12(9-11)16(21)22-10-14(19)18-8-3-2-7-13(18)15(17)20/h4-6,9,13H,2-3,7-8,10H2,1H3,(H2,17,20)/t13-/m1/s1. The molecule has 2 N–H and O–H groups in total. The summed E-state index contributed by atoms with van der Waals surface area (Å²) >= 11 is 0. The third-order valence-electron chi connectivity index (χ3n) is 3.73. The lowest BCUT2D eigenvalue weighted by Crippen LogP contribution is -2.51. The van der Waals surface area contributed by atoms with Gasteiger partial charge in [-0.25, -0.2) is 4.79 Å². The van der Waals surface area contributed by atoms with E-state index in [-0.39, 0.29) is 12.5 Å². The minimum atomic E-state index is -0.598. The van der Waals surface area contributed by atoms with Crippen molar-refractivity contribution in [2.24, 2.45) is 5.73 Å². The van der Waals surface area contributed by atoms with Gasteiger partial charge >= 0.3 is 5.97 Å². The maximum Gasteiger partial charge on any atom is 0.338 e. The van der Waals surface area contributed by atoms with Crippen LogP contribution in [0.5, 0.6) is 0 Å². The molecule has 0 unspecified atom stereocenters. The molecule has 1 fully saturated rings. The van der Waals surface area contributed by atoms with Gasteiger partial charge in [-0.3, -0.25) is 9.59 Å². The number of amides is 2. The van der Waals surface area contributed by atoms with Gasteiger partial charge in [-0.1, -0.05) is 17.7 Å². The lowest BCUT2D eigenvalue weighted by molar-refractivity contribution is -0.143. The topological polar surface area (TPSA) is 89.7 Å². The highest BCUT2D eigenvalue weighted by Gasteiger charge is 2.31. The molecule has 0 aromatic heterocycles. The maximum absolute atomic E-state index is 12.2. The van der Waals surface area contributed by atoms with Crippen LogP contribution in [0.1, 0.15) is 35.2 Å². The fourth-order valence-electron chi connectivity index (χ4n) is 2.59. The molecule has 0 aliphatic carbocycles. The molecule has 1 heterocycles. The maximum atomic E-state index is 12.2. The minimum Gasteiger partial charge on any atom is -0.452 e. The molecule has 2 amide bonds. The Bertz CT molecular complexity index is 585. The molecule has 1 aliphatic heterocycles. The molecule has 6 nitrogen and oxygen atoms in total. The number of carbonyl (C=O) groups excluding carboxylic acids is 3. The van der Waals surface area contributed by atoms with E-state index >= 15 is 0 Å². The first-order valence-electron chi connectivity index (χ1n) is 7.31. The molecule has 22 heavy (non-hydrogen) atoms. The second-order valence-electron chi connectivity index (χ2n) is 5.45. The average molecular weight is 304 g/mol. The number of hydrogen-bond acceptors (Lipinski definition) is 4. The largest absolute Gasteiger partial charge is 0.452 e. The summed E-state index contributed by atoms with van der Waals surface area (Å²) in [7, 11) is 0. The number of nitrogens with two attached hydrogens (primary N) is 1. The molecular weight excluding hydrogens is 284 g/mol. The molecular formula is C16H20N2O4. The van der Waals surface area contributed by atoms with Crippen LogP contribution >= 0.6 is 0 Å². The summed E-state index contributed by atoms with van der Waals surface area (Å²) in [5.41, 5.74) is 6.66. The molecule has 1 saturated heterocycles. The number of hydrogen-bond donors (Lipinski definition) is 1. The highest BCUT2D eigenvalue weighted by molar-refractivity contribution is 5.92. The van der Waals surface area contributed by atoms with Crippen molar-refractivity contribution in [3.05, 3.63) is 35.4 Å². The Labute approximate surface area is 129 Å². The van der Waals surface area contributed by atoms with E-state index < -0.39 is 17.9 Å². The van der Waals surface area contributed by atoms with Crippen LogP contribution in [0.3, 0.4) is 0 Å². The number of rotatable bonds is 4. The second kappa shape index (κ2) is 7.06. The summed E-state index contributed by atoms with van der Waals surface area (Å²) in [5.74, 6) is -1.45. The lowest BCUT2D eigenvalue weighted by atomic mass is 10.0. The zero-order chi connectivity index (χ0) is 16.1. The molecule has 0 radical (unpaired) electrons. The summed E-state index contributed by atoms with van der Waals surface area (Å²) in [6.45, 7) is 1.96. The SMILES string of the molecule is Cc1cccc(C(=O)OCC(=O)N2CCCC[C@@H]2C(N)=O)c1. The third-order valence-corrected chi connectivity index (χ3v) is 3.73. The molecule has 0 bridgehead atoms. The van der Waals surface area contributed by atoms with Gasteiger partial charge in [-0.2, -0.15) is 0 Å². The number of ether oxygens (including phenoxy) is 1. The second-order valence-corrected chi connectivity index (χ2v) is 5.45. The zero-order valence-electron chi connectivity index (χ0n) is 12.6. The number of carbonyl (C=O) groups is 3. The van der Waals surface area contributed by atoms with Gasteiger partial charge in [-0.05, 0) is 38.3 Å². The van der Waals surface area contributed by atoms with Gasteiger partial charge in [-0.15, -0.1) is 0 Å². The van der Waals surface area contributed by atoms with E-state index in [0.717, 1.165) is 18.4 Å². The van der Waals surface area contributed by atoms with E-state index in [4.69, 9.17) is 10.5 Å². The highest BCUT2D eigenvalue weighted by atomic mass is 16.5. The number of likely N-dealkylation sites (tertiary alicyclic amines) is 1. The molecule has 1 aromatic rings. The fourth-order valence-corrected chi connectivity index (χ4v) is 2.59. The van der Waals surface area contributed by atoms with E-state index in [0.29, 0.717) is 18.5 Å².